The van der Waals surface area contributed by atoms with Gasteiger partial charge in [0.2, 0.25) is 0 Å². The van der Waals surface area contributed by atoms with Crippen LogP contribution in [0.2, 0.25) is 0 Å². The molecule has 0 spiro atoms. The van der Waals surface area contributed by atoms with E-state index in [1.165, 1.54) is 19.3 Å². The Kier molecular flexibility index (Phi) is 6.95. The Morgan fingerprint density at radius 2 is 1.52 bits per heavy atom. The lowest BCUT2D eigenvalue weighted by molar-refractivity contribution is -0.253. The molecule has 156 valence electrons. The lowest BCUT2D eigenvalue weighted by atomic mass is 9.99. The standard InChI is InChI=1S/C24H32N2O3/c25-15-18-4-10-21(11-5-18)24-28-22(16-26-12-2-1-3-13-26)14-23(29-24)20-8-6-19(17-27)7-9-20/h4-11,22-24,27H,1-3,12-17,25H2/t22-,23+,24+/m1/s1. The Hall–Kier alpha value is -1.76. The van der Waals surface area contributed by atoms with E-state index in [0.29, 0.717) is 6.54 Å². The average Bonchev–Trinajstić information content (AvgIpc) is 2.79. The topological polar surface area (TPSA) is 68.0 Å². The van der Waals surface area contributed by atoms with E-state index in [2.05, 4.69) is 29.2 Å². The zero-order chi connectivity index (χ0) is 20.1. The first-order chi connectivity index (χ1) is 14.2. The van der Waals surface area contributed by atoms with Gasteiger partial charge in [-0.1, -0.05) is 55.0 Å². The van der Waals surface area contributed by atoms with Crippen LogP contribution in [0.25, 0.3) is 0 Å². The number of likely N-dealkylation sites (tertiary alicyclic amines) is 1. The quantitative estimate of drug-likeness (QED) is 0.780. The van der Waals surface area contributed by atoms with Gasteiger partial charge < -0.3 is 25.2 Å². The predicted octanol–water partition coefficient (Wildman–Crippen LogP) is 3.67. The van der Waals surface area contributed by atoms with E-state index in [-0.39, 0.29) is 25.1 Å². The number of aliphatic hydroxyl groups is 1. The van der Waals surface area contributed by atoms with Gasteiger partial charge in [0.25, 0.3) is 0 Å². The number of hydrogen-bond acceptors (Lipinski definition) is 5. The minimum absolute atomic E-state index is 0.0227. The van der Waals surface area contributed by atoms with Crippen molar-refractivity contribution < 1.29 is 14.6 Å². The molecule has 5 heteroatoms. The molecule has 0 amide bonds. The van der Waals surface area contributed by atoms with E-state index in [9.17, 15) is 5.11 Å². The first kappa shape index (κ1) is 20.5. The molecule has 2 aromatic carbocycles. The fraction of sp³-hybridized carbons (Fsp3) is 0.500. The van der Waals surface area contributed by atoms with Crippen LogP contribution < -0.4 is 5.73 Å². The van der Waals surface area contributed by atoms with Gasteiger partial charge in [0.15, 0.2) is 6.29 Å². The third-order valence-corrected chi connectivity index (χ3v) is 6.01. The van der Waals surface area contributed by atoms with Gasteiger partial charge in [0.05, 0.1) is 18.8 Å². The Morgan fingerprint density at radius 3 is 2.17 bits per heavy atom. The minimum atomic E-state index is -0.382. The molecule has 0 saturated carbocycles. The molecule has 29 heavy (non-hydrogen) atoms. The number of piperidine rings is 1. The van der Waals surface area contributed by atoms with Crippen LogP contribution in [0.3, 0.4) is 0 Å². The number of rotatable bonds is 6. The van der Waals surface area contributed by atoms with Crippen LogP contribution >= 0.6 is 0 Å². The van der Waals surface area contributed by atoms with Crippen molar-refractivity contribution in [3.8, 4) is 0 Å². The Morgan fingerprint density at radius 1 is 0.862 bits per heavy atom. The summed E-state index contributed by atoms with van der Waals surface area (Å²) in [7, 11) is 0. The van der Waals surface area contributed by atoms with Crippen molar-refractivity contribution in [2.75, 3.05) is 19.6 Å². The molecule has 4 rings (SSSR count). The smallest absolute Gasteiger partial charge is 0.184 e. The number of nitrogens with two attached hydrogens (primary N) is 1. The molecule has 0 aromatic heterocycles. The van der Waals surface area contributed by atoms with Crippen molar-refractivity contribution >= 4 is 0 Å². The largest absolute Gasteiger partial charge is 0.392 e. The summed E-state index contributed by atoms with van der Waals surface area (Å²) in [6.07, 6.45) is 4.45. The normalized spacial score (nSPS) is 25.8. The number of benzene rings is 2. The van der Waals surface area contributed by atoms with Crippen molar-refractivity contribution in [3.05, 3.63) is 70.8 Å². The summed E-state index contributed by atoms with van der Waals surface area (Å²) in [5.74, 6) is 0. The van der Waals surface area contributed by atoms with Gasteiger partial charge in [-0.05, 0) is 42.6 Å². The highest BCUT2D eigenvalue weighted by Crippen LogP contribution is 2.38. The summed E-state index contributed by atoms with van der Waals surface area (Å²) < 4.78 is 12.8. The minimum Gasteiger partial charge on any atom is -0.392 e. The fourth-order valence-electron chi connectivity index (χ4n) is 4.27. The Labute approximate surface area is 173 Å². The molecule has 2 saturated heterocycles. The van der Waals surface area contributed by atoms with Crippen LogP contribution in [0.15, 0.2) is 48.5 Å². The maximum atomic E-state index is 9.33. The van der Waals surface area contributed by atoms with Crippen molar-refractivity contribution in [3.63, 3.8) is 0 Å². The van der Waals surface area contributed by atoms with Gasteiger partial charge in [-0.3, -0.25) is 0 Å². The highest BCUT2D eigenvalue weighted by molar-refractivity contribution is 5.26. The molecule has 2 fully saturated rings. The summed E-state index contributed by atoms with van der Waals surface area (Å²) in [4.78, 5) is 2.53. The number of aliphatic hydroxyl groups excluding tert-OH is 1. The Bertz CT molecular complexity index is 701. The molecule has 0 radical (unpaired) electrons. The molecule has 0 bridgehead atoms. The van der Waals surface area contributed by atoms with Crippen molar-refractivity contribution in [2.45, 2.75) is 57.3 Å². The van der Waals surface area contributed by atoms with Gasteiger partial charge in [-0.25, -0.2) is 0 Å². The second-order valence-corrected chi connectivity index (χ2v) is 8.16. The molecule has 2 aliphatic rings. The molecular formula is C24H32N2O3. The van der Waals surface area contributed by atoms with E-state index >= 15 is 0 Å². The van der Waals surface area contributed by atoms with E-state index < -0.39 is 0 Å². The molecule has 2 aliphatic heterocycles. The first-order valence-electron chi connectivity index (χ1n) is 10.8. The third kappa shape index (κ3) is 5.24. The molecule has 2 aromatic rings. The van der Waals surface area contributed by atoms with Crippen LogP contribution in [-0.4, -0.2) is 35.7 Å². The van der Waals surface area contributed by atoms with Crippen molar-refractivity contribution in [2.24, 2.45) is 5.73 Å². The highest BCUT2D eigenvalue weighted by Gasteiger charge is 2.33. The van der Waals surface area contributed by atoms with Gasteiger partial charge in [-0.2, -0.15) is 0 Å². The highest BCUT2D eigenvalue weighted by atomic mass is 16.7. The zero-order valence-electron chi connectivity index (χ0n) is 17.0. The summed E-state index contributed by atoms with van der Waals surface area (Å²) in [6.45, 7) is 3.86. The van der Waals surface area contributed by atoms with Crippen LogP contribution in [0.5, 0.6) is 0 Å². The van der Waals surface area contributed by atoms with Gasteiger partial charge >= 0.3 is 0 Å². The number of hydrogen-bond donors (Lipinski definition) is 2. The fourth-order valence-corrected chi connectivity index (χ4v) is 4.27. The van der Waals surface area contributed by atoms with E-state index in [1.807, 2.05) is 24.3 Å². The molecule has 2 heterocycles. The van der Waals surface area contributed by atoms with Crippen molar-refractivity contribution in [1.82, 2.24) is 4.90 Å². The van der Waals surface area contributed by atoms with Crippen LogP contribution in [-0.2, 0) is 22.6 Å². The van der Waals surface area contributed by atoms with Crippen LogP contribution in [0.4, 0.5) is 0 Å². The van der Waals surface area contributed by atoms with E-state index in [0.717, 1.165) is 48.3 Å². The monoisotopic (exact) mass is 396 g/mol. The van der Waals surface area contributed by atoms with E-state index in [1.54, 1.807) is 0 Å². The maximum absolute atomic E-state index is 9.33. The average molecular weight is 397 g/mol. The second-order valence-electron chi connectivity index (χ2n) is 8.16. The summed E-state index contributed by atoms with van der Waals surface area (Å²) in [5, 5.41) is 9.33. The van der Waals surface area contributed by atoms with Crippen LogP contribution in [0.1, 0.15) is 60.3 Å². The van der Waals surface area contributed by atoms with Crippen molar-refractivity contribution in [1.29, 1.82) is 0 Å². The SMILES string of the molecule is NCc1ccc([C@H]2O[C@@H](CN3CCCCC3)C[C@@H](c3ccc(CO)cc3)O2)cc1. The van der Waals surface area contributed by atoms with Crippen LogP contribution in [0, 0.1) is 0 Å². The lowest BCUT2D eigenvalue weighted by Gasteiger charge is -2.39. The molecule has 0 aliphatic carbocycles. The molecule has 0 unspecified atom stereocenters. The van der Waals surface area contributed by atoms with Gasteiger partial charge in [0.1, 0.15) is 0 Å². The maximum Gasteiger partial charge on any atom is 0.184 e. The molecular weight excluding hydrogens is 364 g/mol. The second kappa shape index (κ2) is 9.83. The summed E-state index contributed by atoms with van der Waals surface area (Å²) in [5.41, 5.74) is 9.93. The van der Waals surface area contributed by atoms with Gasteiger partial charge in [-0.15, -0.1) is 0 Å². The number of nitrogens with zero attached hydrogens (tertiary/aromatic N) is 1. The Balaban J connectivity index is 1.53. The lowest BCUT2D eigenvalue weighted by Crippen LogP contribution is -2.41. The van der Waals surface area contributed by atoms with E-state index in [4.69, 9.17) is 15.2 Å². The molecule has 3 atom stereocenters. The third-order valence-electron chi connectivity index (χ3n) is 6.01. The molecule has 5 nitrogen and oxygen atoms in total. The predicted molar refractivity (Wildman–Crippen MR) is 113 cm³/mol. The number of ether oxygens (including phenoxy) is 2. The van der Waals surface area contributed by atoms with Gasteiger partial charge in [0, 0.05) is 25.1 Å². The first-order valence-corrected chi connectivity index (χ1v) is 10.8. The molecule has 3 N–H and O–H groups in total. The summed E-state index contributed by atoms with van der Waals surface area (Å²) in [6, 6.07) is 16.3. The summed E-state index contributed by atoms with van der Waals surface area (Å²) >= 11 is 0. The zero-order valence-corrected chi connectivity index (χ0v) is 17.0.